The summed E-state index contributed by atoms with van der Waals surface area (Å²) in [5, 5.41) is 26.2. The lowest BCUT2D eigenvalue weighted by Gasteiger charge is -2.21. The second kappa shape index (κ2) is 8.51. The van der Waals surface area contributed by atoms with Gasteiger partial charge >= 0.3 is 0 Å². The van der Waals surface area contributed by atoms with Gasteiger partial charge in [-0.25, -0.2) is 0 Å². The van der Waals surface area contributed by atoms with Crippen molar-refractivity contribution in [3.05, 3.63) is 67.9 Å². The number of anilines is 3. The minimum atomic E-state index is -0.711. The van der Waals surface area contributed by atoms with Crippen LogP contribution in [0.2, 0.25) is 0 Å². The number of nitrogens with one attached hydrogen (secondary N) is 2. The van der Waals surface area contributed by atoms with E-state index in [1.54, 1.807) is 6.07 Å². The quantitative estimate of drug-likeness (QED) is 0.326. The van der Waals surface area contributed by atoms with Crippen LogP contribution in [0.15, 0.2) is 44.3 Å². The van der Waals surface area contributed by atoms with Crippen molar-refractivity contribution >= 4 is 23.0 Å². The molecule has 1 fully saturated rings. The summed E-state index contributed by atoms with van der Waals surface area (Å²) >= 11 is 0. The zero-order valence-corrected chi connectivity index (χ0v) is 17.8. The molecule has 4 N–H and O–H groups in total. The van der Waals surface area contributed by atoms with E-state index >= 15 is 0 Å². The van der Waals surface area contributed by atoms with E-state index in [0.717, 1.165) is 5.76 Å². The second-order valence-corrected chi connectivity index (χ2v) is 7.98. The first-order chi connectivity index (χ1) is 15.3. The molecule has 4 rings (SSSR count). The number of hydrogen-bond acceptors (Lipinski definition) is 8. The number of furan rings is 1. The highest BCUT2D eigenvalue weighted by Gasteiger charge is 2.29. The molecule has 1 aromatic heterocycles. The molecule has 0 radical (unpaired) electrons. The maximum Gasteiger partial charge on any atom is 0.257 e. The Morgan fingerprint density at radius 1 is 1.22 bits per heavy atom. The van der Waals surface area contributed by atoms with Crippen LogP contribution in [-0.2, 0) is 0 Å². The van der Waals surface area contributed by atoms with Crippen molar-refractivity contribution in [2.24, 2.45) is 0 Å². The van der Waals surface area contributed by atoms with Gasteiger partial charge in [-0.15, -0.1) is 0 Å². The molecule has 2 atom stereocenters. The lowest BCUT2D eigenvalue weighted by Crippen LogP contribution is -2.37. The molecule has 2 aromatic carbocycles. The number of aryl methyl sites for hydroxylation is 1. The summed E-state index contributed by atoms with van der Waals surface area (Å²) in [4.78, 5) is 38.7. The third-order valence-electron chi connectivity index (χ3n) is 5.72. The fourth-order valence-electron chi connectivity index (χ4n) is 3.89. The first kappa shape index (κ1) is 21.6. The number of aromatic hydroxyl groups is 1. The number of hydrogen-bond donors (Lipinski definition) is 4. The van der Waals surface area contributed by atoms with Crippen LogP contribution in [0.5, 0.6) is 5.75 Å². The van der Waals surface area contributed by atoms with Crippen molar-refractivity contribution in [2.75, 3.05) is 23.7 Å². The van der Waals surface area contributed by atoms with Crippen LogP contribution < -0.4 is 21.5 Å². The maximum absolute atomic E-state index is 12.7. The van der Waals surface area contributed by atoms with Gasteiger partial charge in [0.2, 0.25) is 0 Å². The highest BCUT2D eigenvalue weighted by Crippen LogP contribution is 2.34. The van der Waals surface area contributed by atoms with Crippen LogP contribution in [0.3, 0.4) is 0 Å². The fraction of sp³-hybridized carbons (Fsp3) is 0.348. The van der Waals surface area contributed by atoms with Gasteiger partial charge in [-0.05, 0) is 44.0 Å². The Hall–Kier alpha value is -3.59. The van der Waals surface area contributed by atoms with E-state index in [1.807, 2.05) is 26.0 Å². The van der Waals surface area contributed by atoms with Crippen LogP contribution in [0.1, 0.15) is 47.7 Å². The molecule has 1 amide bonds. The Kier molecular flexibility index (Phi) is 5.75. The molecule has 0 aliphatic carbocycles. The van der Waals surface area contributed by atoms with Crippen molar-refractivity contribution < 1.29 is 19.4 Å². The van der Waals surface area contributed by atoms with Gasteiger partial charge in [-0.1, -0.05) is 13.0 Å². The Balaban J connectivity index is 1.58. The molecule has 0 saturated carbocycles. The Morgan fingerprint density at radius 2 is 1.97 bits per heavy atom. The van der Waals surface area contributed by atoms with Gasteiger partial charge in [0.05, 0.1) is 23.4 Å². The molecule has 1 unspecified atom stereocenters. The van der Waals surface area contributed by atoms with Crippen molar-refractivity contribution in [1.29, 1.82) is 0 Å². The average molecular weight is 439 g/mol. The molecule has 9 heteroatoms. The number of benzene rings is 1. The smallest absolute Gasteiger partial charge is 0.257 e. The largest absolute Gasteiger partial charge is 0.505 e. The molecule has 0 spiro atoms. The third-order valence-corrected chi connectivity index (χ3v) is 5.72. The number of carbonyl (C=O) groups excluding carboxylic acids is 1. The van der Waals surface area contributed by atoms with Gasteiger partial charge in [-0.2, -0.15) is 0 Å². The number of amides is 1. The van der Waals surface area contributed by atoms with E-state index in [4.69, 9.17) is 4.42 Å². The number of phenols is 1. The van der Waals surface area contributed by atoms with Crippen molar-refractivity contribution in [3.8, 4) is 5.75 Å². The molecule has 0 bridgehead atoms. The first-order valence-electron chi connectivity index (χ1n) is 10.5. The number of carbonyl (C=O) groups is 1. The molecule has 32 heavy (non-hydrogen) atoms. The number of phenolic OH excluding ortho intramolecular Hbond substituents is 1. The highest BCUT2D eigenvalue weighted by molar-refractivity contribution is 5.99. The summed E-state index contributed by atoms with van der Waals surface area (Å²) in [7, 11) is 0. The van der Waals surface area contributed by atoms with Crippen molar-refractivity contribution in [2.45, 2.75) is 38.8 Å². The summed E-state index contributed by atoms with van der Waals surface area (Å²) in [5.74, 6) is 0.643. The van der Waals surface area contributed by atoms with Gasteiger partial charge in [0.15, 0.2) is 5.75 Å². The molecule has 1 aliphatic rings. The molecule has 1 saturated heterocycles. The number of likely N-dealkylation sites (tertiary alicyclic amines) is 1. The zero-order chi connectivity index (χ0) is 23.0. The van der Waals surface area contributed by atoms with Gasteiger partial charge in [-0.3, -0.25) is 14.4 Å². The normalized spacial score (nSPS) is 17.0. The van der Waals surface area contributed by atoms with E-state index in [0.29, 0.717) is 25.1 Å². The van der Waals surface area contributed by atoms with Crippen LogP contribution in [0.25, 0.3) is 0 Å². The minimum Gasteiger partial charge on any atom is -0.505 e. The average Bonchev–Trinajstić information content (AvgIpc) is 3.41. The van der Waals surface area contributed by atoms with E-state index in [-0.39, 0.29) is 41.0 Å². The summed E-state index contributed by atoms with van der Waals surface area (Å²) in [6, 6.07) is 7.88. The SMILES string of the molecule is CCC(Nc1c(Nc2cccc(C(=O)N3CC[C@@H](O)C3)c2O)c(=O)c1=O)c1ccc(C)o1. The van der Waals surface area contributed by atoms with Crippen molar-refractivity contribution in [1.82, 2.24) is 4.90 Å². The lowest BCUT2D eigenvalue weighted by molar-refractivity contribution is 0.0762. The lowest BCUT2D eigenvalue weighted by atomic mass is 10.1. The summed E-state index contributed by atoms with van der Waals surface area (Å²) in [5.41, 5.74) is -1.06. The fourth-order valence-corrected chi connectivity index (χ4v) is 3.89. The molecular weight excluding hydrogens is 414 g/mol. The maximum atomic E-state index is 12.7. The summed E-state index contributed by atoms with van der Waals surface area (Å²) < 4.78 is 5.64. The number of nitrogens with zero attached hydrogens (tertiary/aromatic N) is 1. The monoisotopic (exact) mass is 439 g/mol. The topological polar surface area (TPSA) is 132 Å². The number of aliphatic hydroxyl groups excluding tert-OH is 1. The molecular formula is C23H25N3O6. The van der Waals surface area contributed by atoms with Crippen LogP contribution in [-0.4, -0.2) is 40.2 Å². The minimum absolute atomic E-state index is 0.0215. The van der Waals surface area contributed by atoms with Gasteiger partial charge in [0.25, 0.3) is 16.8 Å². The van der Waals surface area contributed by atoms with E-state index in [9.17, 15) is 24.6 Å². The number of para-hydroxylation sites is 1. The number of aliphatic hydroxyl groups is 1. The molecule has 9 nitrogen and oxygen atoms in total. The predicted molar refractivity (Wildman–Crippen MR) is 119 cm³/mol. The number of β-amino-alcohol motifs (C(OH)–C–C–N with tert-alkyl or cyclic N) is 1. The third kappa shape index (κ3) is 3.87. The Labute approximate surface area is 184 Å². The Bertz CT molecular complexity index is 1220. The van der Waals surface area contributed by atoms with Crippen LogP contribution in [0, 0.1) is 6.92 Å². The molecule has 168 valence electrons. The highest BCUT2D eigenvalue weighted by atomic mass is 16.3. The molecule has 2 heterocycles. The standard InChI is InChI=1S/C23H25N3O6/c1-3-15(17-8-7-12(2)32-17)24-18-19(22(30)21(18)29)25-16-6-4-5-14(20(16)28)23(31)26-10-9-13(27)11-26/h4-8,13,15,24-25,27-28H,3,9-11H2,1-2H3/t13-,15?/m1/s1. The molecule has 3 aromatic rings. The summed E-state index contributed by atoms with van der Waals surface area (Å²) in [6.07, 6.45) is 0.517. The van der Waals surface area contributed by atoms with E-state index in [1.165, 1.54) is 17.0 Å². The number of rotatable bonds is 7. The zero-order valence-electron chi connectivity index (χ0n) is 17.8. The van der Waals surface area contributed by atoms with Gasteiger partial charge in [0.1, 0.15) is 22.9 Å². The van der Waals surface area contributed by atoms with Gasteiger partial charge in [0, 0.05) is 13.1 Å². The van der Waals surface area contributed by atoms with Gasteiger partial charge < -0.3 is 30.2 Å². The first-order valence-corrected chi connectivity index (χ1v) is 10.5. The van der Waals surface area contributed by atoms with E-state index < -0.39 is 22.9 Å². The second-order valence-electron chi connectivity index (χ2n) is 7.98. The summed E-state index contributed by atoms with van der Waals surface area (Å²) in [6.45, 7) is 4.34. The van der Waals surface area contributed by atoms with E-state index in [2.05, 4.69) is 10.6 Å². The van der Waals surface area contributed by atoms with Crippen molar-refractivity contribution in [3.63, 3.8) is 0 Å². The predicted octanol–water partition coefficient (Wildman–Crippen LogP) is 2.40. The Morgan fingerprint density at radius 3 is 2.59 bits per heavy atom. The van der Waals surface area contributed by atoms with Crippen LogP contribution in [0.4, 0.5) is 17.1 Å². The van der Waals surface area contributed by atoms with Crippen LogP contribution >= 0.6 is 0 Å². The molecule has 1 aliphatic heterocycles.